The van der Waals surface area contributed by atoms with E-state index < -0.39 is 24.0 Å². The molecule has 5 rings (SSSR count). The molecule has 0 radical (unpaired) electrons. The minimum Gasteiger partial charge on any atom is -0.370 e. The molecule has 2 aromatic heterocycles. The molecule has 194 valence electrons. The van der Waals surface area contributed by atoms with Gasteiger partial charge >= 0.3 is 0 Å². The second-order valence-electron chi connectivity index (χ2n) is 9.85. The van der Waals surface area contributed by atoms with Crippen LogP contribution in [-0.4, -0.2) is 59.5 Å². The molecule has 0 bridgehead atoms. The Labute approximate surface area is 213 Å². The van der Waals surface area contributed by atoms with Gasteiger partial charge in [-0.2, -0.15) is 0 Å². The van der Waals surface area contributed by atoms with Crippen molar-refractivity contribution in [3.05, 3.63) is 69.5 Å². The number of nitrogens with one attached hydrogen (secondary N) is 3. The quantitative estimate of drug-likeness (QED) is 0.486. The number of likely N-dealkylation sites (N-methyl/N-ethyl adjacent to an activating group) is 1. The number of nitrogens with zero attached hydrogens (tertiary/aromatic N) is 3. The number of H-pyrrole nitrogens is 1. The highest BCUT2D eigenvalue weighted by molar-refractivity contribution is 6.07. The van der Waals surface area contributed by atoms with Gasteiger partial charge in [-0.1, -0.05) is 0 Å². The van der Waals surface area contributed by atoms with Crippen LogP contribution in [-0.2, 0) is 13.1 Å². The Balaban J connectivity index is 1.58. The standard InChI is InChI=1S/C27H30F2N6O2/c1-15-13-35(14-16(2)34(15)3)24-9-22(29)20(19-6-17-4-5-30-26(17)32-11-19)8-23(24)33-27(37)21-12-31-25(36)7-18(21)10-28/h6-9,11-12,15-16H,4-5,10,13-14H2,1-3H3,(H,30,32)(H,31,36)(H,33,37). The van der Waals surface area contributed by atoms with Gasteiger partial charge in [-0.15, -0.1) is 0 Å². The number of hydrogen-bond acceptors (Lipinski definition) is 6. The molecule has 2 aliphatic rings. The van der Waals surface area contributed by atoms with E-state index in [4.69, 9.17) is 0 Å². The fourth-order valence-electron chi connectivity index (χ4n) is 5.10. The molecule has 3 aromatic rings. The first-order valence-corrected chi connectivity index (χ1v) is 12.4. The molecule has 0 spiro atoms. The van der Waals surface area contributed by atoms with Crippen molar-refractivity contribution < 1.29 is 13.6 Å². The molecule has 1 saturated heterocycles. The van der Waals surface area contributed by atoms with Gasteiger partial charge in [0.2, 0.25) is 5.56 Å². The van der Waals surface area contributed by atoms with Crippen LogP contribution in [0.4, 0.5) is 26.0 Å². The zero-order valence-corrected chi connectivity index (χ0v) is 21.1. The maximum atomic E-state index is 15.6. The van der Waals surface area contributed by atoms with Crippen molar-refractivity contribution in [2.45, 2.75) is 39.0 Å². The van der Waals surface area contributed by atoms with E-state index in [1.54, 1.807) is 12.3 Å². The topological polar surface area (TPSA) is 93.4 Å². The van der Waals surface area contributed by atoms with Crippen LogP contribution >= 0.6 is 0 Å². The van der Waals surface area contributed by atoms with Crippen LogP contribution in [0.5, 0.6) is 0 Å². The third-order valence-corrected chi connectivity index (χ3v) is 7.40. The molecule has 2 atom stereocenters. The van der Waals surface area contributed by atoms with E-state index in [9.17, 15) is 14.0 Å². The van der Waals surface area contributed by atoms with E-state index in [-0.39, 0.29) is 23.2 Å². The van der Waals surface area contributed by atoms with Gasteiger partial charge in [-0.3, -0.25) is 14.5 Å². The zero-order chi connectivity index (χ0) is 26.3. The number of piperazine rings is 1. The second kappa shape index (κ2) is 9.93. The SMILES string of the molecule is CC1CN(c2cc(F)c(-c3cnc4c(c3)CCN4)cc2NC(=O)c2c[nH]c(=O)cc2CF)CC(C)N1C. The number of alkyl halides is 1. The van der Waals surface area contributed by atoms with Crippen LogP contribution in [0.15, 0.2) is 41.5 Å². The molecule has 0 aliphatic carbocycles. The Morgan fingerprint density at radius 2 is 1.95 bits per heavy atom. The molecule has 4 heterocycles. The smallest absolute Gasteiger partial charge is 0.257 e. The molecule has 1 aromatic carbocycles. The van der Waals surface area contributed by atoms with Gasteiger partial charge in [-0.25, -0.2) is 13.8 Å². The summed E-state index contributed by atoms with van der Waals surface area (Å²) in [5, 5.41) is 6.07. The number of carbonyl (C=O) groups is 1. The molecule has 1 fully saturated rings. The van der Waals surface area contributed by atoms with Crippen molar-refractivity contribution in [3.63, 3.8) is 0 Å². The zero-order valence-electron chi connectivity index (χ0n) is 21.1. The molecule has 2 unspecified atom stereocenters. The van der Waals surface area contributed by atoms with Gasteiger partial charge in [0, 0.05) is 66.9 Å². The van der Waals surface area contributed by atoms with Crippen LogP contribution in [0.1, 0.15) is 35.3 Å². The van der Waals surface area contributed by atoms with Crippen LogP contribution in [0.25, 0.3) is 11.1 Å². The first-order chi connectivity index (χ1) is 17.7. The summed E-state index contributed by atoms with van der Waals surface area (Å²) in [5.41, 5.74) is 2.39. The molecule has 1 amide bonds. The number of halogens is 2. The van der Waals surface area contributed by atoms with Crippen LogP contribution < -0.4 is 21.1 Å². The number of aromatic amines is 1. The van der Waals surface area contributed by atoms with Gasteiger partial charge in [0.05, 0.1) is 16.9 Å². The fourth-order valence-corrected chi connectivity index (χ4v) is 5.10. The van der Waals surface area contributed by atoms with Crippen molar-refractivity contribution in [2.75, 3.05) is 42.2 Å². The molecular weight excluding hydrogens is 478 g/mol. The lowest BCUT2D eigenvalue weighted by Crippen LogP contribution is -2.55. The van der Waals surface area contributed by atoms with Crippen LogP contribution in [0.2, 0.25) is 0 Å². The summed E-state index contributed by atoms with van der Waals surface area (Å²) in [6.07, 6.45) is 3.62. The average molecular weight is 509 g/mol. The summed E-state index contributed by atoms with van der Waals surface area (Å²) in [6, 6.07) is 6.46. The molecular formula is C27H30F2N6O2. The van der Waals surface area contributed by atoms with E-state index in [0.29, 0.717) is 35.6 Å². The molecule has 2 aliphatic heterocycles. The van der Waals surface area contributed by atoms with Crippen molar-refractivity contribution >= 4 is 23.1 Å². The monoisotopic (exact) mass is 508 g/mol. The number of anilines is 3. The van der Waals surface area contributed by atoms with Gasteiger partial charge < -0.3 is 20.5 Å². The summed E-state index contributed by atoms with van der Waals surface area (Å²) in [7, 11) is 2.06. The Bertz CT molecular complexity index is 1400. The first kappa shape index (κ1) is 24.9. The van der Waals surface area contributed by atoms with E-state index in [1.807, 2.05) is 6.07 Å². The number of pyridine rings is 2. The van der Waals surface area contributed by atoms with Gasteiger partial charge in [-0.05, 0) is 51.1 Å². The number of amides is 1. The molecule has 0 saturated carbocycles. The number of fused-ring (bicyclic) bond motifs is 1. The Hall–Kier alpha value is -3.79. The summed E-state index contributed by atoms with van der Waals surface area (Å²) in [4.78, 5) is 36.1. The van der Waals surface area contributed by atoms with E-state index in [2.05, 4.69) is 51.3 Å². The summed E-state index contributed by atoms with van der Waals surface area (Å²) in [6.45, 7) is 5.31. The van der Waals surface area contributed by atoms with Gasteiger partial charge in [0.1, 0.15) is 18.3 Å². The van der Waals surface area contributed by atoms with Gasteiger partial charge in [0.15, 0.2) is 0 Å². The van der Waals surface area contributed by atoms with Crippen molar-refractivity contribution in [1.29, 1.82) is 0 Å². The predicted molar refractivity (Wildman–Crippen MR) is 141 cm³/mol. The third-order valence-electron chi connectivity index (χ3n) is 7.40. The Kier molecular flexibility index (Phi) is 6.68. The van der Waals surface area contributed by atoms with Crippen molar-refractivity contribution in [1.82, 2.24) is 14.9 Å². The number of benzene rings is 1. The van der Waals surface area contributed by atoms with Crippen molar-refractivity contribution in [2.24, 2.45) is 0 Å². The molecule has 37 heavy (non-hydrogen) atoms. The first-order valence-electron chi connectivity index (χ1n) is 12.4. The minimum atomic E-state index is -0.962. The maximum Gasteiger partial charge on any atom is 0.257 e. The lowest BCUT2D eigenvalue weighted by molar-refractivity contribution is 0.102. The highest BCUT2D eigenvalue weighted by atomic mass is 19.1. The Morgan fingerprint density at radius 3 is 2.68 bits per heavy atom. The highest BCUT2D eigenvalue weighted by Crippen LogP contribution is 2.37. The largest absolute Gasteiger partial charge is 0.370 e. The van der Waals surface area contributed by atoms with E-state index >= 15 is 4.39 Å². The summed E-state index contributed by atoms with van der Waals surface area (Å²) in [5.74, 6) is -0.214. The number of hydrogen-bond donors (Lipinski definition) is 3. The minimum absolute atomic E-state index is 0.0118. The normalized spacial score (nSPS) is 19.4. The number of carbonyl (C=O) groups excluding carboxylic acids is 1. The third kappa shape index (κ3) is 4.81. The summed E-state index contributed by atoms with van der Waals surface area (Å²) < 4.78 is 29.2. The van der Waals surface area contributed by atoms with Crippen molar-refractivity contribution in [3.8, 4) is 11.1 Å². The lowest BCUT2D eigenvalue weighted by atomic mass is 10.0. The summed E-state index contributed by atoms with van der Waals surface area (Å²) >= 11 is 0. The lowest BCUT2D eigenvalue weighted by Gasteiger charge is -2.44. The number of aromatic nitrogens is 2. The molecule has 8 nitrogen and oxygen atoms in total. The average Bonchev–Trinajstić information content (AvgIpc) is 3.35. The number of rotatable bonds is 5. The van der Waals surface area contributed by atoms with E-state index in [0.717, 1.165) is 30.4 Å². The fraction of sp³-hybridized carbons (Fsp3) is 0.370. The Morgan fingerprint density at radius 1 is 1.19 bits per heavy atom. The molecule has 10 heteroatoms. The van der Waals surface area contributed by atoms with Crippen LogP contribution in [0.3, 0.4) is 0 Å². The predicted octanol–water partition coefficient (Wildman–Crippen LogP) is 3.79. The van der Waals surface area contributed by atoms with Gasteiger partial charge in [0.25, 0.3) is 5.91 Å². The maximum absolute atomic E-state index is 15.6. The second-order valence-corrected chi connectivity index (χ2v) is 9.85. The highest BCUT2D eigenvalue weighted by Gasteiger charge is 2.29. The molecule has 3 N–H and O–H groups in total. The van der Waals surface area contributed by atoms with Crippen LogP contribution in [0, 0.1) is 5.82 Å². The van der Waals surface area contributed by atoms with E-state index in [1.165, 1.54) is 12.3 Å².